The molecule has 2 aromatic rings. The van der Waals surface area contributed by atoms with Gasteiger partial charge in [-0.1, -0.05) is 13.8 Å². The van der Waals surface area contributed by atoms with Crippen LogP contribution in [-0.4, -0.2) is 16.9 Å². The molecule has 5 N–H and O–H groups in total. The van der Waals surface area contributed by atoms with Gasteiger partial charge in [0.1, 0.15) is 6.04 Å². The van der Waals surface area contributed by atoms with Crippen LogP contribution in [0.1, 0.15) is 19.5 Å². The SMILES string of the molecule is Cc1cc(NC(C(N)=O)C(C)C)c2cc(N)ccc2n1. The van der Waals surface area contributed by atoms with Crippen LogP contribution in [0.15, 0.2) is 24.3 Å². The predicted octanol–water partition coefficient (Wildman–Crippen LogP) is 2.05. The standard InChI is InChI=1S/C15H20N4O/c1-8(2)14(15(17)20)19-13-6-9(3)18-12-5-4-10(16)7-11(12)13/h4-8,14H,16H2,1-3H3,(H2,17,20)(H,18,19). The molecule has 20 heavy (non-hydrogen) atoms. The third-order valence-electron chi connectivity index (χ3n) is 3.25. The zero-order valence-corrected chi connectivity index (χ0v) is 12.0. The molecule has 0 saturated carbocycles. The Morgan fingerprint density at radius 2 is 2.00 bits per heavy atom. The monoisotopic (exact) mass is 272 g/mol. The number of aryl methyl sites for hydroxylation is 1. The first-order chi connectivity index (χ1) is 9.38. The Balaban J connectivity index is 2.52. The third-order valence-corrected chi connectivity index (χ3v) is 3.25. The van der Waals surface area contributed by atoms with Crippen molar-refractivity contribution in [2.24, 2.45) is 11.7 Å². The van der Waals surface area contributed by atoms with Crippen molar-refractivity contribution in [1.82, 2.24) is 4.98 Å². The van der Waals surface area contributed by atoms with Crippen molar-refractivity contribution in [3.8, 4) is 0 Å². The summed E-state index contributed by atoms with van der Waals surface area (Å²) in [5, 5.41) is 4.11. The second kappa shape index (κ2) is 5.36. The molecule has 0 radical (unpaired) electrons. The number of amides is 1. The Kier molecular flexibility index (Phi) is 3.79. The lowest BCUT2D eigenvalue weighted by molar-refractivity contribution is -0.119. The van der Waals surface area contributed by atoms with Crippen molar-refractivity contribution in [1.29, 1.82) is 0 Å². The predicted molar refractivity (Wildman–Crippen MR) is 82.3 cm³/mol. The number of aromatic nitrogens is 1. The number of nitrogens with zero attached hydrogens (tertiary/aromatic N) is 1. The summed E-state index contributed by atoms with van der Waals surface area (Å²) < 4.78 is 0. The zero-order chi connectivity index (χ0) is 14.9. The fraction of sp³-hybridized carbons (Fsp3) is 0.333. The number of carbonyl (C=O) groups excluding carboxylic acids is 1. The van der Waals surface area contributed by atoms with E-state index in [4.69, 9.17) is 11.5 Å². The van der Waals surface area contributed by atoms with Crippen LogP contribution in [0.3, 0.4) is 0 Å². The molecule has 0 fully saturated rings. The Labute approximate surface area is 118 Å². The van der Waals surface area contributed by atoms with Gasteiger partial charge in [0, 0.05) is 22.5 Å². The molecule has 5 heteroatoms. The molecule has 1 aromatic heterocycles. The fourth-order valence-electron chi connectivity index (χ4n) is 2.23. The maximum absolute atomic E-state index is 11.6. The van der Waals surface area contributed by atoms with Gasteiger partial charge in [-0.3, -0.25) is 9.78 Å². The number of nitrogens with two attached hydrogens (primary N) is 2. The summed E-state index contributed by atoms with van der Waals surface area (Å²) in [5.41, 5.74) is 14.5. The topological polar surface area (TPSA) is 94.0 Å². The van der Waals surface area contributed by atoms with E-state index in [9.17, 15) is 4.79 Å². The summed E-state index contributed by atoms with van der Waals surface area (Å²) in [5.74, 6) is -0.274. The first kappa shape index (κ1) is 14.1. The third kappa shape index (κ3) is 2.82. The molecule has 0 aliphatic carbocycles. The van der Waals surface area contributed by atoms with Crippen LogP contribution in [0.5, 0.6) is 0 Å². The highest BCUT2D eigenvalue weighted by Gasteiger charge is 2.20. The lowest BCUT2D eigenvalue weighted by Crippen LogP contribution is -2.39. The lowest BCUT2D eigenvalue weighted by atomic mass is 10.0. The smallest absolute Gasteiger partial charge is 0.240 e. The molecule has 2 rings (SSSR count). The molecule has 0 saturated heterocycles. The number of anilines is 2. The average Bonchev–Trinajstić information content (AvgIpc) is 2.35. The summed E-state index contributed by atoms with van der Waals surface area (Å²) in [6.07, 6.45) is 0. The van der Waals surface area contributed by atoms with Crippen LogP contribution in [0, 0.1) is 12.8 Å². The molecule has 0 aliphatic heterocycles. The molecule has 5 nitrogen and oxygen atoms in total. The largest absolute Gasteiger partial charge is 0.399 e. The van der Waals surface area contributed by atoms with E-state index in [2.05, 4.69) is 10.3 Å². The van der Waals surface area contributed by atoms with E-state index >= 15 is 0 Å². The van der Waals surface area contributed by atoms with Crippen molar-refractivity contribution >= 4 is 28.2 Å². The number of rotatable bonds is 4. The van der Waals surface area contributed by atoms with Crippen LogP contribution in [0.4, 0.5) is 11.4 Å². The second-order valence-electron chi connectivity index (χ2n) is 5.36. The lowest BCUT2D eigenvalue weighted by Gasteiger charge is -2.21. The van der Waals surface area contributed by atoms with Crippen molar-refractivity contribution in [2.75, 3.05) is 11.1 Å². The molecular weight excluding hydrogens is 252 g/mol. The van der Waals surface area contributed by atoms with Crippen molar-refractivity contribution < 1.29 is 4.79 Å². The summed E-state index contributed by atoms with van der Waals surface area (Å²) in [6.45, 7) is 5.82. The number of pyridine rings is 1. The van der Waals surface area contributed by atoms with E-state index in [-0.39, 0.29) is 11.8 Å². The average molecular weight is 272 g/mol. The summed E-state index contributed by atoms with van der Waals surface area (Å²) in [6, 6.07) is 7.01. The van der Waals surface area contributed by atoms with Gasteiger partial charge in [0.2, 0.25) is 5.91 Å². The van der Waals surface area contributed by atoms with Gasteiger partial charge in [-0.2, -0.15) is 0 Å². The number of benzene rings is 1. The Morgan fingerprint density at radius 3 is 2.60 bits per heavy atom. The zero-order valence-electron chi connectivity index (χ0n) is 12.0. The Hall–Kier alpha value is -2.30. The summed E-state index contributed by atoms with van der Waals surface area (Å²) in [4.78, 5) is 16.0. The van der Waals surface area contributed by atoms with Crippen LogP contribution in [0.25, 0.3) is 10.9 Å². The normalized spacial score (nSPS) is 12.6. The molecule has 0 bridgehead atoms. The van der Waals surface area contributed by atoms with Crippen LogP contribution >= 0.6 is 0 Å². The second-order valence-corrected chi connectivity index (χ2v) is 5.36. The molecule has 0 spiro atoms. The highest BCUT2D eigenvalue weighted by Crippen LogP contribution is 2.26. The van der Waals surface area contributed by atoms with Gasteiger partial charge in [0.05, 0.1) is 5.52 Å². The van der Waals surface area contributed by atoms with E-state index in [0.717, 1.165) is 22.3 Å². The maximum Gasteiger partial charge on any atom is 0.240 e. The van der Waals surface area contributed by atoms with Crippen molar-refractivity contribution in [2.45, 2.75) is 26.8 Å². The van der Waals surface area contributed by atoms with Crippen LogP contribution in [0.2, 0.25) is 0 Å². The van der Waals surface area contributed by atoms with Gasteiger partial charge in [-0.15, -0.1) is 0 Å². The van der Waals surface area contributed by atoms with E-state index in [1.807, 2.05) is 45.0 Å². The molecular formula is C15H20N4O. The highest BCUT2D eigenvalue weighted by atomic mass is 16.1. The van der Waals surface area contributed by atoms with Crippen LogP contribution < -0.4 is 16.8 Å². The van der Waals surface area contributed by atoms with Gasteiger partial charge in [-0.05, 0) is 37.1 Å². The summed E-state index contributed by atoms with van der Waals surface area (Å²) in [7, 11) is 0. The number of fused-ring (bicyclic) bond motifs is 1. The minimum absolute atomic E-state index is 0.0945. The Morgan fingerprint density at radius 1 is 1.30 bits per heavy atom. The number of primary amides is 1. The van der Waals surface area contributed by atoms with Gasteiger partial charge in [-0.25, -0.2) is 0 Å². The van der Waals surface area contributed by atoms with Crippen molar-refractivity contribution in [3.05, 3.63) is 30.0 Å². The van der Waals surface area contributed by atoms with Gasteiger partial charge in [0.25, 0.3) is 0 Å². The first-order valence-electron chi connectivity index (χ1n) is 6.61. The number of nitrogens with one attached hydrogen (secondary N) is 1. The number of hydrogen-bond acceptors (Lipinski definition) is 4. The Bertz CT molecular complexity index is 652. The van der Waals surface area contributed by atoms with Gasteiger partial charge < -0.3 is 16.8 Å². The van der Waals surface area contributed by atoms with Crippen molar-refractivity contribution in [3.63, 3.8) is 0 Å². The quantitative estimate of drug-likeness (QED) is 0.742. The van der Waals surface area contributed by atoms with E-state index in [1.54, 1.807) is 0 Å². The molecule has 106 valence electrons. The molecule has 1 atom stereocenters. The number of nitrogen functional groups attached to an aromatic ring is 1. The van der Waals surface area contributed by atoms with E-state index in [0.29, 0.717) is 5.69 Å². The van der Waals surface area contributed by atoms with Gasteiger partial charge >= 0.3 is 0 Å². The molecule has 1 unspecified atom stereocenters. The van der Waals surface area contributed by atoms with Gasteiger partial charge in [0.15, 0.2) is 0 Å². The first-order valence-corrected chi connectivity index (χ1v) is 6.61. The number of hydrogen-bond donors (Lipinski definition) is 3. The molecule has 0 aliphatic rings. The highest BCUT2D eigenvalue weighted by molar-refractivity contribution is 5.95. The van der Waals surface area contributed by atoms with E-state index in [1.165, 1.54) is 0 Å². The number of carbonyl (C=O) groups is 1. The molecule has 1 amide bonds. The fourth-order valence-corrected chi connectivity index (χ4v) is 2.23. The molecule has 1 aromatic carbocycles. The van der Waals surface area contributed by atoms with Crippen LogP contribution in [-0.2, 0) is 4.79 Å². The summed E-state index contributed by atoms with van der Waals surface area (Å²) >= 11 is 0. The van der Waals surface area contributed by atoms with E-state index < -0.39 is 6.04 Å². The maximum atomic E-state index is 11.6. The minimum atomic E-state index is -0.429. The molecule has 1 heterocycles. The minimum Gasteiger partial charge on any atom is -0.399 e.